The average molecular weight is 501 g/mol. The number of hydrogen-bond donors (Lipinski definition) is 0. The maximum absolute atomic E-state index is 12.9. The van der Waals surface area contributed by atoms with Gasteiger partial charge >= 0.3 is 0 Å². The largest absolute Gasteiger partial charge is 0.494 e. The fourth-order valence-electron chi connectivity index (χ4n) is 4.00. The van der Waals surface area contributed by atoms with E-state index in [0.717, 1.165) is 47.7 Å². The van der Waals surface area contributed by atoms with Crippen LogP contribution >= 0.6 is 11.8 Å². The van der Waals surface area contributed by atoms with Gasteiger partial charge in [0, 0.05) is 30.2 Å². The first-order chi connectivity index (χ1) is 17.7. The normalized spacial score (nSPS) is 11.3. The number of hydrogen-bond acceptors (Lipinski definition) is 6. The Morgan fingerprint density at radius 1 is 1.03 bits per heavy atom. The summed E-state index contributed by atoms with van der Waals surface area (Å²) in [5, 5.41) is 14.1. The second-order valence-corrected chi connectivity index (χ2v) is 9.26. The zero-order valence-corrected chi connectivity index (χ0v) is 21.2. The molecular weight excluding hydrogens is 472 g/mol. The molecule has 8 nitrogen and oxygen atoms in total. The molecule has 0 aliphatic rings. The number of aromatic nitrogens is 5. The van der Waals surface area contributed by atoms with Gasteiger partial charge in [-0.15, -0.1) is 10.2 Å². The number of thioether (sulfide) groups is 1. The first-order valence-electron chi connectivity index (χ1n) is 12.1. The summed E-state index contributed by atoms with van der Waals surface area (Å²) in [5.74, 6) is 1.16. The SMILES string of the molecule is CCCCOc1ccc(-c2cc3c4nnc(SCC(=O)N(CC)c5ccccc5)n4ccn3n2)cc1. The van der Waals surface area contributed by atoms with Crippen molar-refractivity contribution in [1.29, 1.82) is 0 Å². The summed E-state index contributed by atoms with van der Waals surface area (Å²) >= 11 is 1.38. The van der Waals surface area contributed by atoms with Gasteiger partial charge < -0.3 is 9.64 Å². The molecule has 0 radical (unpaired) electrons. The van der Waals surface area contributed by atoms with Gasteiger partial charge in [-0.2, -0.15) is 5.10 Å². The third-order valence-electron chi connectivity index (χ3n) is 5.91. The van der Waals surface area contributed by atoms with Crippen molar-refractivity contribution in [2.75, 3.05) is 23.8 Å². The summed E-state index contributed by atoms with van der Waals surface area (Å²) in [6.45, 7) is 5.46. The average Bonchev–Trinajstić information content (AvgIpc) is 3.53. The number of unbranched alkanes of at least 4 members (excludes halogenated alkanes) is 1. The van der Waals surface area contributed by atoms with Crippen molar-refractivity contribution in [3.8, 4) is 17.0 Å². The van der Waals surface area contributed by atoms with Crippen LogP contribution in [0.3, 0.4) is 0 Å². The number of para-hydroxylation sites is 1. The molecule has 5 aromatic rings. The molecule has 0 fully saturated rings. The predicted octanol–water partition coefficient (Wildman–Crippen LogP) is 5.37. The van der Waals surface area contributed by atoms with Gasteiger partial charge in [0.2, 0.25) is 5.91 Å². The number of rotatable bonds is 10. The van der Waals surface area contributed by atoms with E-state index in [2.05, 4.69) is 17.1 Å². The lowest BCUT2D eigenvalue weighted by Gasteiger charge is -2.20. The van der Waals surface area contributed by atoms with Gasteiger partial charge in [-0.3, -0.25) is 9.20 Å². The Morgan fingerprint density at radius 3 is 2.58 bits per heavy atom. The zero-order chi connectivity index (χ0) is 24.9. The Balaban J connectivity index is 1.33. The quantitative estimate of drug-likeness (QED) is 0.190. The number of fused-ring (bicyclic) bond motifs is 3. The number of carbonyl (C=O) groups is 1. The number of carbonyl (C=O) groups excluding carboxylic acids is 1. The zero-order valence-electron chi connectivity index (χ0n) is 20.4. The Bertz CT molecular complexity index is 1460. The van der Waals surface area contributed by atoms with Gasteiger partial charge in [-0.25, -0.2) is 4.52 Å². The van der Waals surface area contributed by atoms with Crippen molar-refractivity contribution < 1.29 is 9.53 Å². The van der Waals surface area contributed by atoms with Crippen LogP contribution < -0.4 is 9.64 Å². The first-order valence-corrected chi connectivity index (χ1v) is 13.1. The molecule has 36 heavy (non-hydrogen) atoms. The summed E-state index contributed by atoms with van der Waals surface area (Å²) in [5.41, 5.74) is 4.28. The number of benzene rings is 2. The minimum Gasteiger partial charge on any atom is -0.494 e. The van der Waals surface area contributed by atoms with Gasteiger partial charge in [-0.05, 0) is 55.8 Å². The fraction of sp³-hybridized carbons (Fsp3) is 0.259. The van der Waals surface area contributed by atoms with Crippen LogP contribution in [0.2, 0.25) is 0 Å². The molecule has 3 aromatic heterocycles. The molecule has 0 aliphatic carbocycles. The van der Waals surface area contributed by atoms with Crippen molar-refractivity contribution in [1.82, 2.24) is 24.2 Å². The van der Waals surface area contributed by atoms with Gasteiger partial charge in [0.1, 0.15) is 11.3 Å². The molecule has 0 N–H and O–H groups in total. The Hall–Kier alpha value is -3.85. The highest BCUT2D eigenvalue weighted by Gasteiger charge is 2.17. The number of anilines is 1. The maximum Gasteiger partial charge on any atom is 0.237 e. The molecule has 3 heterocycles. The summed E-state index contributed by atoms with van der Waals surface area (Å²) < 4.78 is 9.48. The van der Waals surface area contributed by atoms with Crippen molar-refractivity contribution in [2.45, 2.75) is 31.8 Å². The monoisotopic (exact) mass is 500 g/mol. The van der Waals surface area contributed by atoms with Gasteiger partial charge in [0.25, 0.3) is 0 Å². The standard InChI is InChI=1S/C27H28N6O2S/c1-3-5-17-35-22-13-11-20(12-14-22)23-18-24-26-28-29-27(32(26)15-16-33(24)30-23)36-19-25(34)31(4-2)21-9-7-6-8-10-21/h6-16,18H,3-5,17,19H2,1-2H3. The molecule has 0 atom stereocenters. The minimum atomic E-state index is 0.0280. The lowest BCUT2D eigenvalue weighted by Crippen LogP contribution is -2.32. The first kappa shape index (κ1) is 23.9. The molecule has 0 unspecified atom stereocenters. The fourth-order valence-corrected chi connectivity index (χ4v) is 4.80. The van der Waals surface area contributed by atoms with E-state index in [1.54, 1.807) is 9.42 Å². The van der Waals surface area contributed by atoms with Crippen molar-refractivity contribution in [3.05, 3.63) is 73.1 Å². The van der Waals surface area contributed by atoms with E-state index in [9.17, 15) is 4.79 Å². The highest BCUT2D eigenvalue weighted by atomic mass is 32.2. The summed E-state index contributed by atoms with van der Waals surface area (Å²) in [4.78, 5) is 14.7. The van der Waals surface area contributed by atoms with E-state index in [1.807, 2.05) is 84.4 Å². The molecule has 2 aromatic carbocycles. The summed E-state index contributed by atoms with van der Waals surface area (Å²) in [6, 6.07) is 19.7. The Labute approximate surface area is 213 Å². The van der Waals surface area contributed by atoms with E-state index >= 15 is 0 Å². The van der Waals surface area contributed by atoms with E-state index in [1.165, 1.54) is 11.8 Å². The van der Waals surface area contributed by atoms with Crippen LogP contribution in [0, 0.1) is 0 Å². The molecule has 5 rings (SSSR count). The lowest BCUT2D eigenvalue weighted by molar-refractivity contribution is -0.116. The lowest BCUT2D eigenvalue weighted by atomic mass is 10.1. The maximum atomic E-state index is 12.9. The van der Waals surface area contributed by atoms with Crippen molar-refractivity contribution in [2.24, 2.45) is 0 Å². The van der Waals surface area contributed by atoms with Crippen LogP contribution in [0.15, 0.2) is 78.2 Å². The van der Waals surface area contributed by atoms with Gasteiger partial charge in [0.15, 0.2) is 10.8 Å². The highest BCUT2D eigenvalue weighted by Crippen LogP contribution is 2.26. The summed E-state index contributed by atoms with van der Waals surface area (Å²) in [7, 11) is 0. The van der Waals surface area contributed by atoms with Crippen LogP contribution in [0.25, 0.3) is 22.4 Å². The second kappa shape index (κ2) is 10.8. The Morgan fingerprint density at radius 2 is 1.83 bits per heavy atom. The molecular formula is C27H28N6O2S. The minimum absolute atomic E-state index is 0.0280. The van der Waals surface area contributed by atoms with Crippen LogP contribution in [0.5, 0.6) is 5.75 Å². The van der Waals surface area contributed by atoms with E-state index in [4.69, 9.17) is 9.84 Å². The van der Waals surface area contributed by atoms with E-state index in [-0.39, 0.29) is 11.7 Å². The number of ether oxygens (including phenoxy) is 1. The van der Waals surface area contributed by atoms with Crippen molar-refractivity contribution >= 4 is 34.5 Å². The topological polar surface area (TPSA) is 77.0 Å². The van der Waals surface area contributed by atoms with Crippen LogP contribution in [0.4, 0.5) is 5.69 Å². The highest BCUT2D eigenvalue weighted by molar-refractivity contribution is 7.99. The molecule has 9 heteroatoms. The van der Waals surface area contributed by atoms with Crippen LogP contribution in [0.1, 0.15) is 26.7 Å². The molecule has 0 saturated heterocycles. The molecule has 0 spiro atoms. The van der Waals surface area contributed by atoms with Crippen LogP contribution in [-0.4, -0.2) is 49.0 Å². The van der Waals surface area contributed by atoms with E-state index in [0.29, 0.717) is 17.3 Å². The van der Waals surface area contributed by atoms with Crippen LogP contribution in [-0.2, 0) is 4.79 Å². The molecule has 1 amide bonds. The molecule has 0 aliphatic heterocycles. The number of amides is 1. The predicted molar refractivity (Wildman–Crippen MR) is 143 cm³/mol. The third kappa shape index (κ3) is 4.92. The second-order valence-electron chi connectivity index (χ2n) is 8.32. The molecule has 0 saturated carbocycles. The van der Waals surface area contributed by atoms with Crippen molar-refractivity contribution in [3.63, 3.8) is 0 Å². The van der Waals surface area contributed by atoms with Gasteiger partial charge in [0.05, 0.1) is 18.1 Å². The molecule has 0 bridgehead atoms. The Kier molecular flexibility index (Phi) is 7.18. The number of nitrogens with zero attached hydrogens (tertiary/aromatic N) is 6. The molecule has 184 valence electrons. The summed E-state index contributed by atoms with van der Waals surface area (Å²) in [6.07, 6.45) is 5.91. The third-order valence-corrected chi connectivity index (χ3v) is 6.84. The van der Waals surface area contributed by atoms with E-state index < -0.39 is 0 Å². The van der Waals surface area contributed by atoms with Gasteiger partial charge in [-0.1, -0.05) is 43.3 Å². The smallest absolute Gasteiger partial charge is 0.237 e.